The molecule has 0 bridgehead atoms. The van der Waals surface area contributed by atoms with Gasteiger partial charge in [-0.1, -0.05) is 31.5 Å². The van der Waals surface area contributed by atoms with Crippen LogP contribution in [0.3, 0.4) is 0 Å². The van der Waals surface area contributed by atoms with E-state index in [4.69, 9.17) is 9.47 Å². The molecule has 0 spiro atoms. The Kier molecular flexibility index (Phi) is 7.36. The van der Waals surface area contributed by atoms with Gasteiger partial charge in [0, 0.05) is 23.4 Å². The second-order valence-corrected chi connectivity index (χ2v) is 9.56. The molecule has 0 radical (unpaired) electrons. The molecule has 0 saturated carbocycles. The lowest BCUT2D eigenvalue weighted by Gasteiger charge is -2.12. The highest BCUT2D eigenvalue weighted by molar-refractivity contribution is 7.90. The Morgan fingerprint density at radius 2 is 1.77 bits per heavy atom. The topological polar surface area (TPSA) is 106 Å². The number of rotatable bonds is 9. The van der Waals surface area contributed by atoms with Crippen molar-refractivity contribution in [1.82, 2.24) is 5.32 Å². The van der Waals surface area contributed by atoms with E-state index in [0.29, 0.717) is 41.5 Å². The molecule has 4 rings (SSSR count). The lowest BCUT2D eigenvalue weighted by atomic mass is 10.1. The van der Waals surface area contributed by atoms with Gasteiger partial charge in [0.1, 0.15) is 4.90 Å². The summed E-state index contributed by atoms with van der Waals surface area (Å²) in [6.07, 6.45) is 2.02. The summed E-state index contributed by atoms with van der Waals surface area (Å²) in [5.41, 5.74) is 2.50. The Labute approximate surface area is 205 Å². The molecule has 1 amide bonds. The van der Waals surface area contributed by atoms with Gasteiger partial charge in [-0.15, -0.1) is 4.40 Å². The molecule has 0 fully saturated rings. The Morgan fingerprint density at radius 3 is 2.51 bits per heavy atom. The standard InChI is InChI=1S/C26H27N3O5S/c1-3-4-15-34-22-14-9-18(16-23(22)33-2)17-27-26(30)19-10-12-20(13-11-19)28-25-21-7-5-6-8-24(21)35(31,32)29-25/h5-14,16H,3-4,15,17H2,1-2H3,(H,27,30)(H,28,29). The summed E-state index contributed by atoms with van der Waals surface area (Å²) in [4.78, 5) is 12.8. The SMILES string of the molecule is CCCCOc1ccc(CNC(=O)c2ccc(NC3=NS(=O)(=O)c4ccccc43)cc2)cc1OC. The maximum atomic E-state index is 12.6. The maximum absolute atomic E-state index is 12.6. The number of sulfonamides is 1. The van der Waals surface area contributed by atoms with Crippen LogP contribution in [0.25, 0.3) is 0 Å². The van der Waals surface area contributed by atoms with Crippen molar-refractivity contribution in [2.75, 3.05) is 19.0 Å². The van der Waals surface area contributed by atoms with E-state index in [-0.39, 0.29) is 16.6 Å². The van der Waals surface area contributed by atoms with E-state index in [1.807, 2.05) is 18.2 Å². The molecule has 3 aromatic rings. The van der Waals surface area contributed by atoms with Crippen molar-refractivity contribution in [3.8, 4) is 11.5 Å². The molecule has 1 aliphatic rings. The zero-order valence-electron chi connectivity index (χ0n) is 19.6. The number of fused-ring (bicyclic) bond motifs is 1. The van der Waals surface area contributed by atoms with Crippen LogP contribution in [0.4, 0.5) is 5.69 Å². The molecule has 1 aliphatic heterocycles. The highest BCUT2D eigenvalue weighted by atomic mass is 32.2. The number of hydrogen-bond acceptors (Lipinski definition) is 6. The highest BCUT2D eigenvalue weighted by Crippen LogP contribution is 2.29. The van der Waals surface area contributed by atoms with E-state index >= 15 is 0 Å². The van der Waals surface area contributed by atoms with Gasteiger partial charge in [0.2, 0.25) is 0 Å². The number of carbonyl (C=O) groups is 1. The van der Waals surface area contributed by atoms with E-state index < -0.39 is 10.0 Å². The number of amides is 1. The lowest BCUT2D eigenvalue weighted by Crippen LogP contribution is -2.22. The van der Waals surface area contributed by atoms with Crippen molar-refractivity contribution in [1.29, 1.82) is 0 Å². The fourth-order valence-electron chi connectivity index (χ4n) is 3.59. The number of anilines is 1. The van der Waals surface area contributed by atoms with Crippen molar-refractivity contribution < 1.29 is 22.7 Å². The molecule has 0 atom stereocenters. The Balaban J connectivity index is 1.37. The van der Waals surface area contributed by atoms with Gasteiger partial charge in [0.05, 0.1) is 13.7 Å². The van der Waals surface area contributed by atoms with Gasteiger partial charge >= 0.3 is 0 Å². The van der Waals surface area contributed by atoms with Crippen LogP contribution in [0.1, 0.15) is 41.3 Å². The first-order valence-corrected chi connectivity index (χ1v) is 12.7. The van der Waals surface area contributed by atoms with Gasteiger partial charge < -0.3 is 20.1 Å². The van der Waals surface area contributed by atoms with Crippen LogP contribution in [-0.2, 0) is 16.6 Å². The van der Waals surface area contributed by atoms with E-state index in [9.17, 15) is 13.2 Å². The molecule has 1 heterocycles. The number of unbranched alkanes of at least 4 members (excludes halogenated alkanes) is 1. The number of benzene rings is 3. The number of methoxy groups -OCH3 is 1. The van der Waals surface area contributed by atoms with Crippen molar-refractivity contribution in [3.63, 3.8) is 0 Å². The van der Waals surface area contributed by atoms with Crippen molar-refractivity contribution in [3.05, 3.63) is 83.4 Å². The van der Waals surface area contributed by atoms with E-state index in [1.54, 1.807) is 49.6 Å². The Bertz CT molecular complexity index is 1350. The number of nitrogens with zero attached hydrogens (tertiary/aromatic N) is 1. The summed E-state index contributed by atoms with van der Waals surface area (Å²) >= 11 is 0. The smallest absolute Gasteiger partial charge is 0.285 e. The van der Waals surface area contributed by atoms with Gasteiger partial charge in [-0.3, -0.25) is 4.79 Å². The average Bonchev–Trinajstić information content (AvgIpc) is 3.13. The normalized spacial score (nSPS) is 13.5. The van der Waals surface area contributed by atoms with Crippen LogP contribution in [0, 0.1) is 0 Å². The van der Waals surface area contributed by atoms with Crippen LogP contribution >= 0.6 is 0 Å². The fourth-order valence-corrected chi connectivity index (χ4v) is 4.77. The number of hydrogen-bond donors (Lipinski definition) is 2. The third-order valence-corrected chi connectivity index (χ3v) is 6.81. The minimum Gasteiger partial charge on any atom is -0.493 e. The van der Waals surface area contributed by atoms with Crippen LogP contribution in [-0.4, -0.2) is 33.9 Å². The first-order chi connectivity index (χ1) is 16.9. The molecule has 8 nitrogen and oxygen atoms in total. The second kappa shape index (κ2) is 10.6. The van der Waals surface area contributed by atoms with E-state index in [0.717, 1.165) is 18.4 Å². The molecule has 2 N–H and O–H groups in total. The molecule has 0 aromatic heterocycles. The van der Waals surface area contributed by atoms with Crippen molar-refractivity contribution >= 4 is 27.5 Å². The number of nitrogens with one attached hydrogen (secondary N) is 2. The summed E-state index contributed by atoms with van der Waals surface area (Å²) in [7, 11) is -2.11. The summed E-state index contributed by atoms with van der Waals surface area (Å²) in [5, 5.41) is 5.92. The van der Waals surface area contributed by atoms with Gasteiger partial charge in [-0.2, -0.15) is 8.42 Å². The number of ether oxygens (including phenoxy) is 2. The summed E-state index contributed by atoms with van der Waals surface area (Å²) in [5.74, 6) is 1.34. The van der Waals surface area contributed by atoms with Gasteiger partial charge in [-0.25, -0.2) is 0 Å². The zero-order chi connectivity index (χ0) is 24.8. The zero-order valence-corrected chi connectivity index (χ0v) is 20.4. The third kappa shape index (κ3) is 5.63. The highest BCUT2D eigenvalue weighted by Gasteiger charge is 2.28. The molecule has 0 unspecified atom stereocenters. The predicted molar refractivity (Wildman–Crippen MR) is 135 cm³/mol. The van der Waals surface area contributed by atoms with Crippen LogP contribution < -0.4 is 20.1 Å². The third-order valence-electron chi connectivity index (χ3n) is 5.48. The largest absolute Gasteiger partial charge is 0.493 e. The van der Waals surface area contributed by atoms with Crippen LogP contribution in [0.15, 0.2) is 76.0 Å². The van der Waals surface area contributed by atoms with Crippen LogP contribution in [0.2, 0.25) is 0 Å². The minimum atomic E-state index is -3.70. The Hall–Kier alpha value is -3.85. The molecule has 0 saturated heterocycles. The number of amidine groups is 1. The van der Waals surface area contributed by atoms with E-state index in [1.165, 1.54) is 6.07 Å². The van der Waals surface area contributed by atoms with Crippen molar-refractivity contribution in [2.24, 2.45) is 4.40 Å². The second-order valence-electron chi connectivity index (χ2n) is 7.98. The fraction of sp³-hybridized carbons (Fsp3) is 0.231. The molecule has 9 heteroatoms. The molecular weight excluding hydrogens is 466 g/mol. The van der Waals surface area contributed by atoms with Gasteiger partial charge in [-0.05, 0) is 60.5 Å². The monoisotopic (exact) mass is 493 g/mol. The summed E-state index contributed by atoms with van der Waals surface area (Å²) in [6.45, 7) is 3.06. The van der Waals surface area contributed by atoms with Gasteiger partial charge in [0.25, 0.3) is 15.9 Å². The molecule has 182 valence electrons. The van der Waals surface area contributed by atoms with Gasteiger partial charge in [0.15, 0.2) is 17.3 Å². The first kappa shape index (κ1) is 24.3. The lowest BCUT2D eigenvalue weighted by molar-refractivity contribution is 0.0951. The number of carbonyl (C=O) groups excluding carboxylic acids is 1. The van der Waals surface area contributed by atoms with Crippen LogP contribution in [0.5, 0.6) is 11.5 Å². The molecule has 3 aromatic carbocycles. The predicted octanol–water partition coefficient (Wildman–Crippen LogP) is 4.37. The Morgan fingerprint density at radius 1 is 1.00 bits per heavy atom. The minimum absolute atomic E-state index is 0.177. The quantitative estimate of drug-likeness (QED) is 0.429. The molecule has 35 heavy (non-hydrogen) atoms. The average molecular weight is 494 g/mol. The first-order valence-electron chi connectivity index (χ1n) is 11.3. The van der Waals surface area contributed by atoms with E-state index in [2.05, 4.69) is 22.0 Å². The molecule has 0 aliphatic carbocycles. The summed E-state index contributed by atoms with van der Waals surface area (Å²) in [6, 6.07) is 19.0. The molecular formula is C26H27N3O5S. The summed E-state index contributed by atoms with van der Waals surface area (Å²) < 4.78 is 39.4. The maximum Gasteiger partial charge on any atom is 0.285 e. The van der Waals surface area contributed by atoms with Crippen molar-refractivity contribution in [2.45, 2.75) is 31.2 Å².